The van der Waals surface area contributed by atoms with E-state index in [0.717, 1.165) is 6.07 Å². The van der Waals surface area contributed by atoms with Crippen molar-refractivity contribution in [1.82, 2.24) is 5.32 Å². The van der Waals surface area contributed by atoms with E-state index >= 15 is 0 Å². The molecule has 0 aliphatic heterocycles. The Morgan fingerprint density at radius 1 is 1.27 bits per heavy atom. The molecular weight excluding hydrogens is 327 g/mol. The van der Waals surface area contributed by atoms with E-state index in [4.69, 9.17) is 0 Å². The minimum Gasteiger partial charge on any atom is -0.450 e. The lowest BCUT2D eigenvalue weighted by atomic mass is 10.1. The maximum absolute atomic E-state index is 12.3. The summed E-state index contributed by atoms with van der Waals surface area (Å²) in [5, 5.41) is 2.36. The highest BCUT2D eigenvalue weighted by molar-refractivity contribution is 7.88. The van der Waals surface area contributed by atoms with Crippen molar-refractivity contribution in [2.75, 3.05) is 13.2 Å². The Hall–Kier alpha value is -1.97. The summed E-state index contributed by atoms with van der Waals surface area (Å²) in [7, 11) is -5.74. The number of alkyl halides is 3. The van der Waals surface area contributed by atoms with E-state index in [0.29, 0.717) is 0 Å². The smallest absolute Gasteiger partial charge is 0.450 e. The Kier molecular flexibility index (Phi) is 6.03. The molecule has 0 saturated carbocycles. The van der Waals surface area contributed by atoms with Crippen LogP contribution >= 0.6 is 0 Å². The van der Waals surface area contributed by atoms with Crippen LogP contribution in [0.4, 0.5) is 18.0 Å². The van der Waals surface area contributed by atoms with Gasteiger partial charge in [0.25, 0.3) is 0 Å². The topological polar surface area (TPSA) is 81.7 Å². The van der Waals surface area contributed by atoms with Crippen molar-refractivity contribution in [3.63, 3.8) is 0 Å². The van der Waals surface area contributed by atoms with Gasteiger partial charge in [-0.2, -0.15) is 21.6 Å². The van der Waals surface area contributed by atoms with Crippen LogP contribution in [-0.4, -0.2) is 33.2 Å². The fourth-order valence-corrected chi connectivity index (χ4v) is 1.93. The van der Waals surface area contributed by atoms with Crippen LogP contribution in [0.1, 0.15) is 12.5 Å². The second-order valence-corrected chi connectivity index (χ2v) is 5.53. The number of carbonyl (C=O) groups is 1. The average Bonchev–Trinajstić information content (AvgIpc) is 2.39. The molecule has 0 spiro atoms. The van der Waals surface area contributed by atoms with Crippen molar-refractivity contribution in [1.29, 1.82) is 0 Å². The average molecular weight is 341 g/mol. The zero-order chi connectivity index (χ0) is 16.8. The minimum atomic E-state index is -5.74. The van der Waals surface area contributed by atoms with E-state index in [1.54, 1.807) is 6.92 Å². The van der Waals surface area contributed by atoms with Gasteiger partial charge in [0.05, 0.1) is 6.61 Å². The summed E-state index contributed by atoms with van der Waals surface area (Å²) in [6.45, 7) is 1.84. The molecular formula is C12H14F3NO5S. The van der Waals surface area contributed by atoms with Crippen molar-refractivity contribution in [3.8, 4) is 5.75 Å². The number of halogens is 3. The lowest BCUT2D eigenvalue weighted by Crippen LogP contribution is -2.29. The van der Waals surface area contributed by atoms with Crippen molar-refractivity contribution < 1.29 is 35.3 Å². The Morgan fingerprint density at radius 3 is 2.50 bits per heavy atom. The van der Waals surface area contributed by atoms with Crippen LogP contribution in [0.3, 0.4) is 0 Å². The molecule has 1 aromatic carbocycles. The van der Waals surface area contributed by atoms with Gasteiger partial charge in [-0.15, -0.1) is 0 Å². The highest BCUT2D eigenvalue weighted by Gasteiger charge is 2.48. The third kappa shape index (κ3) is 5.10. The Bertz CT molecular complexity index is 615. The highest BCUT2D eigenvalue weighted by Crippen LogP contribution is 2.28. The number of nitrogens with one attached hydrogen (secondary N) is 1. The quantitative estimate of drug-likeness (QED) is 0.634. The van der Waals surface area contributed by atoms with Gasteiger partial charge in [0.1, 0.15) is 5.75 Å². The van der Waals surface area contributed by atoms with Crippen LogP contribution in [0.25, 0.3) is 0 Å². The van der Waals surface area contributed by atoms with Gasteiger partial charge in [0.15, 0.2) is 0 Å². The Morgan fingerprint density at radius 2 is 1.91 bits per heavy atom. The fourth-order valence-electron chi connectivity index (χ4n) is 1.44. The molecule has 0 unspecified atom stereocenters. The molecule has 0 saturated heterocycles. The van der Waals surface area contributed by atoms with Crippen LogP contribution in [0.15, 0.2) is 24.3 Å². The lowest BCUT2D eigenvalue weighted by molar-refractivity contribution is -0.0500. The maximum Gasteiger partial charge on any atom is 0.534 e. The van der Waals surface area contributed by atoms with Gasteiger partial charge in [-0.05, 0) is 25.0 Å². The molecule has 0 aliphatic rings. The zero-order valence-electron chi connectivity index (χ0n) is 11.5. The van der Waals surface area contributed by atoms with E-state index in [1.165, 1.54) is 18.2 Å². The number of para-hydroxylation sites is 1. The summed E-state index contributed by atoms with van der Waals surface area (Å²) in [4.78, 5) is 11.1. The van der Waals surface area contributed by atoms with E-state index in [1.807, 2.05) is 0 Å². The molecule has 1 N–H and O–H groups in total. The first-order valence-electron chi connectivity index (χ1n) is 6.16. The number of ether oxygens (including phenoxy) is 1. The van der Waals surface area contributed by atoms with Crippen LogP contribution < -0.4 is 9.50 Å². The number of benzene rings is 1. The van der Waals surface area contributed by atoms with E-state index in [2.05, 4.69) is 14.2 Å². The lowest BCUT2D eigenvalue weighted by Gasteiger charge is -2.13. The molecule has 0 bridgehead atoms. The molecule has 0 heterocycles. The van der Waals surface area contributed by atoms with Gasteiger partial charge in [0.2, 0.25) is 0 Å². The molecule has 0 aromatic heterocycles. The largest absolute Gasteiger partial charge is 0.534 e. The summed E-state index contributed by atoms with van der Waals surface area (Å²) >= 11 is 0. The summed E-state index contributed by atoms with van der Waals surface area (Å²) in [5.74, 6) is -0.439. The molecule has 0 fully saturated rings. The standard InChI is InChI=1S/C12H14F3NO5S/c1-2-20-11(17)16-8-7-9-5-3-4-6-10(9)21-22(18,19)12(13,14)15/h3-6H,2,7-8H2,1H3,(H,16,17). The minimum absolute atomic E-state index is 0.0469. The molecule has 0 atom stereocenters. The molecule has 1 amide bonds. The maximum atomic E-state index is 12.3. The van der Waals surface area contributed by atoms with Crippen LogP contribution in [0, 0.1) is 0 Å². The number of carbonyl (C=O) groups excluding carboxylic acids is 1. The third-order valence-electron chi connectivity index (χ3n) is 2.39. The first kappa shape index (κ1) is 18.1. The van der Waals surface area contributed by atoms with E-state index in [9.17, 15) is 26.4 Å². The van der Waals surface area contributed by atoms with E-state index < -0.39 is 27.5 Å². The van der Waals surface area contributed by atoms with Crippen molar-refractivity contribution in [2.24, 2.45) is 0 Å². The van der Waals surface area contributed by atoms with Crippen LogP contribution in [0.2, 0.25) is 0 Å². The molecule has 1 aromatic rings. The zero-order valence-corrected chi connectivity index (χ0v) is 12.3. The highest BCUT2D eigenvalue weighted by atomic mass is 32.2. The summed E-state index contributed by atoms with van der Waals surface area (Å²) in [6, 6.07) is 5.34. The fraction of sp³-hybridized carbons (Fsp3) is 0.417. The van der Waals surface area contributed by atoms with E-state index in [-0.39, 0.29) is 25.1 Å². The Balaban J connectivity index is 2.77. The van der Waals surface area contributed by atoms with Crippen molar-refractivity contribution >= 4 is 16.2 Å². The number of hydrogen-bond donors (Lipinski definition) is 1. The third-order valence-corrected chi connectivity index (χ3v) is 3.36. The van der Waals surface area contributed by atoms with Crippen molar-refractivity contribution in [3.05, 3.63) is 29.8 Å². The molecule has 6 nitrogen and oxygen atoms in total. The monoisotopic (exact) mass is 341 g/mol. The molecule has 0 radical (unpaired) electrons. The number of alkyl carbamates (subject to hydrolysis) is 1. The number of hydrogen-bond acceptors (Lipinski definition) is 5. The van der Waals surface area contributed by atoms with Crippen LogP contribution in [0.5, 0.6) is 5.75 Å². The van der Waals surface area contributed by atoms with Gasteiger partial charge in [-0.1, -0.05) is 18.2 Å². The normalized spacial score (nSPS) is 11.8. The van der Waals surface area contributed by atoms with Gasteiger partial charge < -0.3 is 14.2 Å². The predicted octanol–water partition coefficient (Wildman–Crippen LogP) is 2.20. The Labute approximate surface area is 125 Å². The summed E-state index contributed by atoms with van der Waals surface area (Å²) in [5.41, 5.74) is -5.31. The van der Waals surface area contributed by atoms with Crippen LogP contribution in [-0.2, 0) is 21.3 Å². The number of rotatable bonds is 6. The molecule has 1 rings (SSSR count). The number of amides is 1. The second kappa shape index (κ2) is 7.34. The molecule has 0 aliphatic carbocycles. The first-order valence-corrected chi connectivity index (χ1v) is 7.57. The van der Waals surface area contributed by atoms with Crippen molar-refractivity contribution in [2.45, 2.75) is 18.9 Å². The van der Waals surface area contributed by atoms with Gasteiger partial charge in [0, 0.05) is 6.54 Å². The van der Waals surface area contributed by atoms with Gasteiger partial charge in [-0.25, -0.2) is 4.79 Å². The first-order chi connectivity index (χ1) is 10.2. The van der Waals surface area contributed by atoms with Gasteiger partial charge in [-0.3, -0.25) is 0 Å². The molecule has 10 heteroatoms. The summed E-state index contributed by atoms with van der Waals surface area (Å²) < 4.78 is 67.6. The second-order valence-electron chi connectivity index (χ2n) is 3.99. The van der Waals surface area contributed by atoms with Gasteiger partial charge >= 0.3 is 21.7 Å². The SMILES string of the molecule is CCOC(=O)NCCc1ccccc1OS(=O)(=O)C(F)(F)F. The molecule has 124 valence electrons. The molecule has 22 heavy (non-hydrogen) atoms. The summed E-state index contributed by atoms with van der Waals surface area (Å²) in [6.07, 6.45) is -0.605. The predicted molar refractivity (Wildman–Crippen MR) is 70.8 cm³/mol.